The van der Waals surface area contributed by atoms with E-state index in [4.69, 9.17) is 11.6 Å². The molecule has 0 atom stereocenters. The van der Waals surface area contributed by atoms with E-state index in [1.54, 1.807) is 17.0 Å². The Kier molecular flexibility index (Phi) is 3.48. The van der Waals surface area contributed by atoms with Gasteiger partial charge in [0, 0.05) is 13.0 Å². The van der Waals surface area contributed by atoms with E-state index >= 15 is 0 Å². The number of carbonyl (C=O) groups is 2. The van der Waals surface area contributed by atoms with Crippen LogP contribution >= 0.6 is 11.6 Å². The Labute approximate surface area is 105 Å². The largest absolute Gasteiger partial charge is 0.331 e. The minimum atomic E-state index is -0.147. The SMILES string of the molecule is Cc1cccc(C(=O)N2CCCC(=O)C2)c1Cl. The molecule has 3 nitrogen and oxygen atoms in total. The fourth-order valence-electron chi connectivity index (χ4n) is 1.99. The molecule has 17 heavy (non-hydrogen) atoms. The molecule has 1 heterocycles. The number of carbonyl (C=O) groups excluding carboxylic acids is 2. The van der Waals surface area contributed by atoms with Gasteiger partial charge in [0.15, 0.2) is 5.78 Å². The molecule has 0 spiro atoms. The van der Waals surface area contributed by atoms with E-state index < -0.39 is 0 Å². The second-order valence-corrected chi connectivity index (χ2v) is 4.68. The van der Waals surface area contributed by atoms with E-state index in [1.807, 2.05) is 13.0 Å². The van der Waals surface area contributed by atoms with E-state index in [2.05, 4.69) is 0 Å². The maximum atomic E-state index is 12.2. The molecule has 0 aliphatic carbocycles. The van der Waals surface area contributed by atoms with Crippen LogP contribution in [-0.2, 0) is 4.79 Å². The molecule has 0 aromatic heterocycles. The minimum Gasteiger partial charge on any atom is -0.331 e. The fourth-order valence-corrected chi connectivity index (χ4v) is 2.20. The van der Waals surface area contributed by atoms with Crippen LogP contribution in [0, 0.1) is 6.92 Å². The molecule has 0 bridgehead atoms. The summed E-state index contributed by atoms with van der Waals surface area (Å²) in [6, 6.07) is 5.37. The van der Waals surface area contributed by atoms with Gasteiger partial charge in [-0.3, -0.25) is 9.59 Å². The predicted octanol–water partition coefficient (Wildman–Crippen LogP) is 2.45. The van der Waals surface area contributed by atoms with Gasteiger partial charge in [0.05, 0.1) is 17.1 Å². The zero-order valence-electron chi connectivity index (χ0n) is 9.70. The summed E-state index contributed by atoms with van der Waals surface area (Å²) in [4.78, 5) is 25.1. The molecule has 1 aromatic carbocycles. The Hall–Kier alpha value is -1.35. The Morgan fingerprint density at radius 1 is 1.41 bits per heavy atom. The van der Waals surface area contributed by atoms with Crippen molar-refractivity contribution in [1.82, 2.24) is 4.90 Å². The quantitative estimate of drug-likeness (QED) is 0.769. The van der Waals surface area contributed by atoms with Crippen LogP contribution in [0.4, 0.5) is 0 Å². The number of Topliss-reactive ketones (excluding diaryl/α,β-unsaturated/α-hetero) is 1. The van der Waals surface area contributed by atoms with Gasteiger partial charge in [-0.15, -0.1) is 0 Å². The van der Waals surface area contributed by atoms with Crippen LogP contribution in [0.25, 0.3) is 0 Å². The number of amides is 1. The average Bonchev–Trinajstić information content (AvgIpc) is 2.32. The van der Waals surface area contributed by atoms with E-state index in [1.165, 1.54) is 0 Å². The summed E-state index contributed by atoms with van der Waals surface area (Å²) in [7, 11) is 0. The molecular weight excluding hydrogens is 238 g/mol. The van der Waals surface area contributed by atoms with Gasteiger partial charge in [-0.2, -0.15) is 0 Å². The summed E-state index contributed by atoms with van der Waals surface area (Å²) in [5.74, 6) is -0.0277. The number of hydrogen-bond acceptors (Lipinski definition) is 2. The summed E-state index contributed by atoms with van der Waals surface area (Å²) < 4.78 is 0. The first-order valence-corrected chi connectivity index (χ1v) is 6.03. The molecule has 1 amide bonds. The maximum absolute atomic E-state index is 12.2. The summed E-state index contributed by atoms with van der Waals surface area (Å²) in [5.41, 5.74) is 1.36. The van der Waals surface area contributed by atoms with Gasteiger partial charge in [-0.25, -0.2) is 0 Å². The van der Waals surface area contributed by atoms with Crippen LogP contribution in [0.2, 0.25) is 5.02 Å². The van der Waals surface area contributed by atoms with Crippen molar-refractivity contribution in [3.63, 3.8) is 0 Å². The van der Waals surface area contributed by atoms with Crippen molar-refractivity contribution in [3.8, 4) is 0 Å². The number of hydrogen-bond donors (Lipinski definition) is 0. The van der Waals surface area contributed by atoms with Crippen LogP contribution < -0.4 is 0 Å². The van der Waals surface area contributed by atoms with Gasteiger partial charge in [0.25, 0.3) is 5.91 Å². The van der Waals surface area contributed by atoms with E-state index in [-0.39, 0.29) is 18.2 Å². The maximum Gasteiger partial charge on any atom is 0.255 e. The lowest BCUT2D eigenvalue weighted by Crippen LogP contribution is -2.40. The molecule has 90 valence electrons. The highest BCUT2D eigenvalue weighted by Gasteiger charge is 2.24. The topological polar surface area (TPSA) is 37.4 Å². The second kappa shape index (κ2) is 4.88. The van der Waals surface area contributed by atoms with E-state index in [0.717, 1.165) is 12.0 Å². The zero-order chi connectivity index (χ0) is 12.4. The Bertz CT molecular complexity index is 470. The monoisotopic (exact) mass is 251 g/mol. The first-order chi connectivity index (χ1) is 8.09. The number of rotatable bonds is 1. The number of benzene rings is 1. The van der Waals surface area contributed by atoms with E-state index in [9.17, 15) is 9.59 Å². The molecule has 2 rings (SSSR count). The third-order valence-corrected chi connectivity index (χ3v) is 3.46. The molecule has 0 unspecified atom stereocenters. The number of halogens is 1. The number of piperidine rings is 1. The number of aryl methyl sites for hydroxylation is 1. The third-order valence-electron chi connectivity index (χ3n) is 2.96. The zero-order valence-corrected chi connectivity index (χ0v) is 10.5. The fraction of sp³-hybridized carbons (Fsp3) is 0.385. The summed E-state index contributed by atoms with van der Waals surface area (Å²) in [6.45, 7) is 2.71. The van der Waals surface area contributed by atoms with Gasteiger partial charge in [0.1, 0.15) is 0 Å². The van der Waals surface area contributed by atoms with Crippen LogP contribution in [0.3, 0.4) is 0 Å². The first kappa shape index (κ1) is 12.1. The van der Waals surface area contributed by atoms with Crippen LogP contribution in [-0.4, -0.2) is 29.7 Å². The lowest BCUT2D eigenvalue weighted by molar-refractivity contribution is -0.121. The van der Waals surface area contributed by atoms with Crippen molar-refractivity contribution in [1.29, 1.82) is 0 Å². The number of nitrogens with zero attached hydrogens (tertiary/aromatic N) is 1. The van der Waals surface area contributed by atoms with E-state index in [0.29, 0.717) is 23.6 Å². The first-order valence-electron chi connectivity index (χ1n) is 5.65. The number of ketones is 1. The Morgan fingerprint density at radius 3 is 2.88 bits per heavy atom. The van der Waals surface area contributed by atoms with Crippen LogP contribution in [0.5, 0.6) is 0 Å². The minimum absolute atomic E-state index is 0.119. The van der Waals surface area contributed by atoms with Gasteiger partial charge < -0.3 is 4.90 Å². The highest BCUT2D eigenvalue weighted by Crippen LogP contribution is 2.22. The lowest BCUT2D eigenvalue weighted by Gasteiger charge is -2.26. The molecule has 0 radical (unpaired) electrons. The highest BCUT2D eigenvalue weighted by molar-refractivity contribution is 6.34. The second-order valence-electron chi connectivity index (χ2n) is 4.31. The van der Waals surface area contributed by atoms with Crippen LogP contribution in [0.1, 0.15) is 28.8 Å². The molecule has 1 aromatic rings. The van der Waals surface area contributed by atoms with Gasteiger partial charge >= 0.3 is 0 Å². The van der Waals surface area contributed by atoms with Crippen molar-refractivity contribution in [3.05, 3.63) is 34.3 Å². The highest BCUT2D eigenvalue weighted by atomic mass is 35.5. The summed E-state index contributed by atoms with van der Waals surface area (Å²) in [5, 5.41) is 0.482. The van der Waals surface area contributed by atoms with Gasteiger partial charge in [0.2, 0.25) is 0 Å². The Balaban J connectivity index is 2.24. The van der Waals surface area contributed by atoms with Crippen molar-refractivity contribution >= 4 is 23.3 Å². The van der Waals surface area contributed by atoms with Gasteiger partial charge in [-0.1, -0.05) is 23.7 Å². The smallest absolute Gasteiger partial charge is 0.255 e. The van der Waals surface area contributed by atoms with Crippen LogP contribution in [0.15, 0.2) is 18.2 Å². The summed E-state index contributed by atoms with van der Waals surface area (Å²) >= 11 is 6.11. The molecule has 1 aliphatic heterocycles. The predicted molar refractivity (Wildman–Crippen MR) is 66.3 cm³/mol. The molecule has 1 aliphatic rings. The molecule has 0 saturated carbocycles. The Morgan fingerprint density at radius 2 is 2.18 bits per heavy atom. The lowest BCUT2D eigenvalue weighted by atomic mass is 10.1. The normalized spacial score (nSPS) is 16.1. The molecule has 4 heteroatoms. The van der Waals surface area contributed by atoms with Gasteiger partial charge in [-0.05, 0) is 25.0 Å². The van der Waals surface area contributed by atoms with Crippen molar-refractivity contribution in [2.24, 2.45) is 0 Å². The summed E-state index contributed by atoms with van der Waals surface area (Å²) in [6.07, 6.45) is 1.32. The average molecular weight is 252 g/mol. The standard InChI is InChI=1S/C13H14ClNO2/c1-9-4-2-6-11(12(9)14)13(17)15-7-3-5-10(16)8-15/h2,4,6H,3,5,7-8H2,1H3. The molecule has 0 N–H and O–H groups in total. The molecular formula is C13H14ClNO2. The number of likely N-dealkylation sites (tertiary alicyclic amines) is 1. The van der Waals surface area contributed by atoms with Crippen molar-refractivity contribution in [2.75, 3.05) is 13.1 Å². The third kappa shape index (κ3) is 2.50. The molecule has 1 fully saturated rings. The van der Waals surface area contributed by atoms with Crippen molar-refractivity contribution in [2.45, 2.75) is 19.8 Å². The molecule has 1 saturated heterocycles. The van der Waals surface area contributed by atoms with Crippen molar-refractivity contribution < 1.29 is 9.59 Å².